The number of anilines is 1. The molecule has 2 aromatic carbocycles. The number of nitrogens with zero attached hydrogens (tertiary/aromatic N) is 1. The van der Waals surface area contributed by atoms with Crippen LogP contribution in [0, 0.1) is 0 Å². The zero-order chi connectivity index (χ0) is 19.9. The zero-order valence-corrected chi connectivity index (χ0v) is 17.1. The van der Waals surface area contributed by atoms with E-state index in [1.54, 1.807) is 12.1 Å². The lowest BCUT2D eigenvalue weighted by Crippen LogP contribution is -2.19. The van der Waals surface area contributed by atoms with Crippen molar-refractivity contribution in [1.29, 1.82) is 0 Å². The predicted octanol–water partition coefficient (Wildman–Crippen LogP) is 4.72. The van der Waals surface area contributed by atoms with Gasteiger partial charge in [0.25, 0.3) is 0 Å². The first-order chi connectivity index (χ1) is 13.5. The molecule has 0 saturated heterocycles. The first-order valence-corrected chi connectivity index (χ1v) is 9.82. The van der Waals surface area contributed by atoms with Crippen LogP contribution in [0.3, 0.4) is 0 Å². The number of rotatable bonds is 9. The standard InChI is InChI=1S/C22H26ClN3O2/c1-26(2)12-13-28-21-11-10-17(14-19(21)23)25-22(27)9-5-6-16-15-24-20-8-4-3-7-18(16)20/h3-4,7-8,10-11,14-15,24H,5-6,9,12-13H2,1-2H3,(H,25,27). The summed E-state index contributed by atoms with van der Waals surface area (Å²) in [6.07, 6.45) is 4.12. The first-order valence-electron chi connectivity index (χ1n) is 9.45. The highest BCUT2D eigenvalue weighted by Gasteiger charge is 2.08. The fraction of sp³-hybridized carbons (Fsp3) is 0.318. The molecule has 0 fully saturated rings. The molecule has 3 aromatic rings. The van der Waals surface area contributed by atoms with E-state index in [1.807, 2.05) is 43.4 Å². The average Bonchev–Trinajstić information content (AvgIpc) is 3.06. The van der Waals surface area contributed by atoms with Crippen LogP contribution in [-0.2, 0) is 11.2 Å². The van der Waals surface area contributed by atoms with Gasteiger partial charge < -0.3 is 19.9 Å². The fourth-order valence-electron chi connectivity index (χ4n) is 3.04. The molecule has 0 radical (unpaired) electrons. The molecule has 0 aliphatic rings. The highest BCUT2D eigenvalue weighted by atomic mass is 35.5. The number of aromatic amines is 1. The summed E-state index contributed by atoms with van der Waals surface area (Å²) in [7, 11) is 3.98. The molecule has 28 heavy (non-hydrogen) atoms. The van der Waals surface area contributed by atoms with Crippen LogP contribution in [-0.4, -0.2) is 43.0 Å². The summed E-state index contributed by atoms with van der Waals surface area (Å²) in [5, 5.41) is 4.62. The third-order valence-electron chi connectivity index (χ3n) is 4.54. The number of hydrogen-bond donors (Lipinski definition) is 2. The zero-order valence-electron chi connectivity index (χ0n) is 16.3. The molecule has 5 nitrogen and oxygen atoms in total. The molecule has 1 aromatic heterocycles. The number of nitrogens with one attached hydrogen (secondary N) is 2. The Bertz CT molecular complexity index is 936. The van der Waals surface area contributed by atoms with Crippen LogP contribution in [0.15, 0.2) is 48.7 Å². The van der Waals surface area contributed by atoms with E-state index < -0.39 is 0 Å². The number of ether oxygens (including phenoxy) is 1. The summed E-state index contributed by atoms with van der Waals surface area (Å²) in [4.78, 5) is 17.6. The molecule has 0 atom stereocenters. The summed E-state index contributed by atoms with van der Waals surface area (Å²) in [6, 6.07) is 13.5. The second-order valence-electron chi connectivity index (χ2n) is 7.06. The topological polar surface area (TPSA) is 57.4 Å². The first kappa shape index (κ1) is 20.2. The molecule has 1 amide bonds. The van der Waals surface area contributed by atoms with Crippen LogP contribution in [0.1, 0.15) is 18.4 Å². The minimum Gasteiger partial charge on any atom is -0.491 e. The van der Waals surface area contributed by atoms with Gasteiger partial charge in [-0.15, -0.1) is 0 Å². The molecule has 2 N–H and O–H groups in total. The van der Waals surface area contributed by atoms with Crippen molar-refractivity contribution in [3.05, 3.63) is 59.2 Å². The maximum Gasteiger partial charge on any atom is 0.224 e. The van der Waals surface area contributed by atoms with Crippen molar-refractivity contribution in [3.63, 3.8) is 0 Å². The molecule has 0 aliphatic carbocycles. The number of carbonyl (C=O) groups excluding carboxylic acids is 1. The molecule has 0 bridgehead atoms. The number of fused-ring (bicyclic) bond motifs is 1. The van der Waals surface area contributed by atoms with Crippen molar-refractivity contribution in [1.82, 2.24) is 9.88 Å². The fourth-order valence-corrected chi connectivity index (χ4v) is 3.27. The molecular formula is C22H26ClN3O2. The summed E-state index contributed by atoms with van der Waals surface area (Å²) in [6.45, 7) is 1.37. The van der Waals surface area contributed by atoms with E-state index in [2.05, 4.69) is 22.4 Å². The van der Waals surface area contributed by atoms with Crippen molar-refractivity contribution in [2.45, 2.75) is 19.3 Å². The van der Waals surface area contributed by atoms with Crippen molar-refractivity contribution < 1.29 is 9.53 Å². The van der Waals surface area contributed by atoms with Crippen LogP contribution in [0.2, 0.25) is 5.02 Å². The molecular weight excluding hydrogens is 374 g/mol. The van der Waals surface area contributed by atoms with Gasteiger partial charge in [0, 0.05) is 35.8 Å². The van der Waals surface area contributed by atoms with E-state index in [1.165, 1.54) is 10.9 Å². The number of carbonyl (C=O) groups is 1. The lowest BCUT2D eigenvalue weighted by atomic mass is 10.1. The highest BCUT2D eigenvalue weighted by Crippen LogP contribution is 2.28. The molecule has 0 saturated carbocycles. The van der Waals surface area contributed by atoms with Crippen molar-refractivity contribution in [3.8, 4) is 5.75 Å². The summed E-state index contributed by atoms with van der Waals surface area (Å²) in [5.74, 6) is 0.609. The number of amides is 1. The minimum atomic E-state index is -0.0165. The number of aromatic nitrogens is 1. The molecule has 0 aliphatic heterocycles. The number of hydrogen-bond acceptors (Lipinski definition) is 3. The number of para-hydroxylation sites is 1. The molecule has 1 heterocycles. The van der Waals surface area contributed by atoms with Crippen molar-refractivity contribution in [2.24, 2.45) is 0 Å². The van der Waals surface area contributed by atoms with E-state index in [9.17, 15) is 4.79 Å². The quantitative estimate of drug-likeness (QED) is 0.547. The lowest BCUT2D eigenvalue weighted by Gasteiger charge is -2.13. The summed E-state index contributed by atoms with van der Waals surface area (Å²) < 4.78 is 5.66. The number of halogens is 1. The van der Waals surface area contributed by atoms with Gasteiger partial charge in [-0.3, -0.25) is 4.79 Å². The van der Waals surface area contributed by atoms with E-state index in [0.717, 1.165) is 24.9 Å². The smallest absolute Gasteiger partial charge is 0.224 e. The Morgan fingerprint density at radius 1 is 1.21 bits per heavy atom. The van der Waals surface area contributed by atoms with Crippen molar-refractivity contribution >= 4 is 34.1 Å². The van der Waals surface area contributed by atoms with Gasteiger partial charge in [-0.1, -0.05) is 29.8 Å². The molecule has 0 unspecified atom stereocenters. The van der Waals surface area contributed by atoms with Crippen molar-refractivity contribution in [2.75, 3.05) is 32.6 Å². The van der Waals surface area contributed by atoms with Gasteiger partial charge in [0.2, 0.25) is 5.91 Å². The predicted molar refractivity (Wildman–Crippen MR) is 115 cm³/mol. The Hall–Kier alpha value is -2.50. The van der Waals surface area contributed by atoms with Gasteiger partial charge in [-0.2, -0.15) is 0 Å². The van der Waals surface area contributed by atoms with Crippen LogP contribution in [0.4, 0.5) is 5.69 Å². The van der Waals surface area contributed by atoms with Gasteiger partial charge in [0.05, 0.1) is 5.02 Å². The van der Waals surface area contributed by atoms with Crippen LogP contribution >= 0.6 is 11.6 Å². The van der Waals surface area contributed by atoms with E-state index >= 15 is 0 Å². The molecule has 148 valence electrons. The normalized spacial score (nSPS) is 11.1. The Kier molecular flexibility index (Phi) is 6.95. The Morgan fingerprint density at radius 3 is 2.82 bits per heavy atom. The lowest BCUT2D eigenvalue weighted by molar-refractivity contribution is -0.116. The summed E-state index contributed by atoms with van der Waals surface area (Å²) >= 11 is 6.26. The second-order valence-corrected chi connectivity index (χ2v) is 7.47. The summed E-state index contributed by atoms with van der Waals surface area (Å²) in [5.41, 5.74) is 3.05. The van der Waals surface area contributed by atoms with Crippen LogP contribution in [0.5, 0.6) is 5.75 Å². The van der Waals surface area contributed by atoms with E-state index in [-0.39, 0.29) is 5.91 Å². The third-order valence-corrected chi connectivity index (χ3v) is 4.83. The van der Waals surface area contributed by atoms with Gasteiger partial charge in [-0.05, 0) is 56.8 Å². The number of H-pyrrole nitrogens is 1. The van der Waals surface area contributed by atoms with Gasteiger partial charge in [-0.25, -0.2) is 0 Å². The Balaban J connectivity index is 1.47. The number of likely N-dealkylation sites (N-methyl/N-ethyl adjacent to an activating group) is 1. The monoisotopic (exact) mass is 399 g/mol. The SMILES string of the molecule is CN(C)CCOc1ccc(NC(=O)CCCc2c[nH]c3ccccc23)cc1Cl. The van der Waals surface area contributed by atoms with Gasteiger partial charge >= 0.3 is 0 Å². The molecule has 0 spiro atoms. The number of aryl methyl sites for hydroxylation is 1. The molecule has 3 rings (SSSR count). The van der Waals surface area contributed by atoms with Gasteiger partial charge in [0.15, 0.2) is 0 Å². The van der Waals surface area contributed by atoms with E-state index in [0.29, 0.717) is 29.5 Å². The number of benzene rings is 2. The largest absolute Gasteiger partial charge is 0.491 e. The second kappa shape index (κ2) is 9.62. The Morgan fingerprint density at radius 2 is 2.04 bits per heavy atom. The average molecular weight is 400 g/mol. The highest BCUT2D eigenvalue weighted by molar-refractivity contribution is 6.32. The maximum absolute atomic E-state index is 12.2. The van der Waals surface area contributed by atoms with Crippen LogP contribution in [0.25, 0.3) is 10.9 Å². The molecule has 6 heteroatoms. The van der Waals surface area contributed by atoms with Crippen LogP contribution < -0.4 is 10.1 Å². The maximum atomic E-state index is 12.2. The minimum absolute atomic E-state index is 0.0165. The Labute approximate surface area is 170 Å². The third kappa shape index (κ3) is 5.50. The van der Waals surface area contributed by atoms with Gasteiger partial charge in [0.1, 0.15) is 12.4 Å². The van der Waals surface area contributed by atoms with E-state index in [4.69, 9.17) is 16.3 Å².